The van der Waals surface area contributed by atoms with Crippen LogP contribution in [0.25, 0.3) is 0 Å². The molecule has 0 unspecified atom stereocenters. The van der Waals surface area contributed by atoms with Crippen molar-refractivity contribution in [3.8, 4) is 0 Å². The molecular formula is C18H20Cl2N2O. The molecule has 5 heteroatoms. The summed E-state index contributed by atoms with van der Waals surface area (Å²) >= 11 is 12.1. The van der Waals surface area contributed by atoms with Crippen LogP contribution in [-0.2, 0) is 4.79 Å². The average Bonchev–Trinajstić information content (AvgIpc) is 2.49. The molecule has 2 N–H and O–H groups in total. The number of rotatable bonds is 5. The Hall–Kier alpha value is -1.55. The first-order chi connectivity index (χ1) is 10.9. The lowest BCUT2D eigenvalue weighted by Gasteiger charge is -2.16. The van der Waals surface area contributed by atoms with Crippen LogP contribution in [0, 0.1) is 13.8 Å². The monoisotopic (exact) mass is 350 g/mol. The molecule has 0 aliphatic carbocycles. The number of aryl methyl sites for hydroxylation is 1. The van der Waals surface area contributed by atoms with Crippen molar-refractivity contribution in [3.63, 3.8) is 0 Å². The Morgan fingerprint density at radius 1 is 1.17 bits per heavy atom. The number of halogens is 2. The molecule has 0 fully saturated rings. The van der Waals surface area contributed by atoms with Gasteiger partial charge in [-0.25, -0.2) is 0 Å². The molecule has 0 bridgehead atoms. The highest BCUT2D eigenvalue weighted by Crippen LogP contribution is 2.26. The predicted octanol–water partition coefficient (Wildman–Crippen LogP) is 4.90. The number of carbonyl (C=O) groups excluding carboxylic acids is 1. The van der Waals surface area contributed by atoms with Gasteiger partial charge in [-0.2, -0.15) is 0 Å². The number of amides is 1. The highest BCUT2D eigenvalue weighted by molar-refractivity contribution is 6.35. The van der Waals surface area contributed by atoms with Gasteiger partial charge in [-0.05, 0) is 55.7 Å². The lowest BCUT2D eigenvalue weighted by molar-refractivity contribution is -0.115. The first-order valence-electron chi connectivity index (χ1n) is 7.43. The van der Waals surface area contributed by atoms with E-state index >= 15 is 0 Å². The van der Waals surface area contributed by atoms with E-state index < -0.39 is 0 Å². The average molecular weight is 351 g/mol. The van der Waals surface area contributed by atoms with Gasteiger partial charge >= 0.3 is 0 Å². The number of carbonyl (C=O) groups is 1. The molecular weight excluding hydrogens is 331 g/mol. The molecule has 2 aromatic rings. The summed E-state index contributed by atoms with van der Waals surface area (Å²) in [5.41, 5.74) is 3.98. The van der Waals surface area contributed by atoms with Gasteiger partial charge < -0.3 is 10.6 Å². The van der Waals surface area contributed by atoms with E-state index in [9.17, 15) is 4.79 Å². The summed E-state index contributed by atoms with van der Waals surface area (Å²) in [6.45, 7) is 6.18. The molecule has 0 radical (unpaired) electrons. The fourth-order valence-corrected chi connectivity index (χ4v) is 2.86. The van der Waals surface area contributed by atoms with Gasteiger partial charge in [0.15, 0.2) is 0 Å². The molecule has 0 saturated heterocycles. The van der Waals surface area contributed by atoms with Gasteiger partial charge in [0.1, 0.15) is 0 Å². The molecule has 0 aliphatic heterocycles. The van der Waals surface area contributed by atoms with E-state index in [1.165, 1.54) is 0 Å². The molecule has 0 aliphatic rings. The number of benzene rings is 2. The van der Waals surface area contributed by atoms with E-state index in [2.05, 4.69) is 10.6 Å². The fourth-order valence-electron chi connectivity index (χ4n) is 2.29. The van der Waals surface area contributed by atoms with Crippen LogP contribution in [-0.4, -0.2) is 12.5 Å². The highest BCUT2D eigenvalue weighted by Gasteiger charge is 2.12. The Labute approximate surface area is 147 Å². The Morgan fingerprint density at radius 2 is 1.91 bits per heavy atom. The minimum Gasteiger partial charge on any atom is -0.325 e. The van der Waals surface area contributed by atoms with Crippen molar-refractivity contribution in [1.82, 2.24) is 5.32 Å². The first-order valence-corrected chi connectivity index (χ1v) is 8.18. The third-order valence-corrected chi connectivity index (χ3v) is 4.44. The maximum atomic E-state index is 12.1. The van der Waals surface area contributed by atoms with Crippen molar-refractivity contribution in [2.75, 3.05) is 11.9 Å². The van der Waals surface area contributed by atoms with Gasteiger partial charge in [0.05, 0.1) is 6.54 Å². The van der Waals surface area contributed by atoms with Crippen LogP contribution in [0.3, 0.4) is 0 Å². The number of hydrogen-bond acceptors (Lipinski definition) is 2. The summed E-state index contributed by atoms with van der Waals surface area (Å²) in [6.07, 6.45) is 0. The standard InChI is InChI=1S/C18H20Cl2N2O/c1-11-5-4-6-17(12(11)2)22-18(23)10-21-13(3)15-8-7-14(19)9-16(15)20/h4-9,13,21H,10H2,1-3H3,(H,22,23)/t13-/m1/s1. The predicted molar refractivity (Wildman–Crippen MR) is 97.4 cm³/mol. The molecule has 0 heterocycles. The molecule has 0 spiro atoms. The Balaban J connectivity index is 1.95. The third kappa shape index (κ3) is 4.71. The van der Waals surface area contributed by atoms with Crippen molar-refractivity contribution in [2.24, 2.45) is 0 Å². The second-order valence-electron chi connectivity index (χ2n) is 5.56. The molecule has 2 aromatic carbocycles. The lowest BCUT2D eigenvalue weighted by atomic mass is 10.1. The van der Waals surface area contributed by atoms with E-state index in [0.717, 1.165) is 22.4 Å². The topological polar surface area (TPSA) is 41.1 Å². The molecule has 0 aromatic heterocycles. The van der Waals surface area contributed by atoms with E-state index in [1.807, 2.05) is 45.0 Å². The number of hydrogen-bond donors (Lipinski definition) is 2. The normalized spacial score (nSPS) is 12.0. The molecule has 122 valence electrons. The molecule has 3 nitrogen and oxygen atoms in total. The van der Waals surface area contributed by atoms with Gasteiger partial charge in [-0.1, -0.05) is 41.4 Å². The van der Waals surface area contributed by atoms with Crippen molar-refractivity contribution in [3.05, 3.63) is 63.1 Å². The van der Waals surface area contributed by atoms with Crippen LogP contribution in [0.15, 0.2) is 36.4 Å². The zero-order valence-corrected chi connectivity index (χ0v) is 14.9. The zero-order valence-electron chi connectivity index (χ0n) is 13.4. The van der Waals surface area contributed by atoms with Crippen molar-refractivity contribution in [1.29, 1.82) is 0 Å². The first kappa shape index (κ1) is 17.8. The summed E-state index contributed by atoms with van der Waals surface area (Å²) in [6, 6.07) is 11.2. The number of nitrogens with one attached hydrogen (secondary N) is 2. The van der Waals surface area contributed by atoms with Crippen LogP contribution < -0.4 is 10.6 Å². The maximum Gasteiger partial charge on any atom is 0.238 e. The Kier molecular flexibility index (Phi) is 6.05. The van der Waals surface area contributed by atoms with Crippen LogP contribution in [0.4, 0.5) is 5.69 Å². The molecule has 1 amide bonds. The van der Waals surface area contributed by atoms with Gasteiger partial charge in [-0.3, -0.25) is 4.79 Å². The second kappa shape index (κ2) is 7.82. The number of anilines is 1. The van der Waals surface area contributed by atoms with Gasteiger partial charge in [0.25, 0.3) is 0 Å². The molecule has 23 heavy (non-hydrogen) atoms. The van der Waals surface area contributed by atoms with Gasteiger partial charge in [0.2, 0.25) is 5.91 Å². The van der Waals surface area contributed by atoms with Gasteiger partial charge in [0, 0.05) is 21.8 Å². The molecule has 1 atom stereocenters. The van der Waals surface area contributed by atoms with Gasteiger partial charge in [-0.15, -0.1) is 0 Å². The maximum absolute atomic E-state index is 12.1. The fraction of sp³-hybridized carbons (Fsp3) is 0.278. The van der Waals surface area contributed by atoms with E-state index in [4.69, 9.17) is 23.2 Å². The van der Waals surface area contributed by atoms with Crippen molar-refractivity contribution < 1.29 is 4.79 Å². The third-order valence-electron chi connectivity index (χ3n) is 3.88. The van der Waals surface area contributed by atoms with E-state index in [0.29, 0.717) is 10.0 Å². The molecule has 0 saturated carbocycles. The summed E-state index contributed by atoms with van der Waals surface area (Å²) in [5, 5.41) is 7.29. The molecule has 2 rings (SSSR count). The van der Waals surface area contributed by atoms with Crippen molar-refractivity contribution in [2.45, 2.75) is 26.8 Å². The van der Waals surface area contributed by atoms with Crippen LogP contribution >= 0.6 is 23.2 Å². The summed E-state index contributed by atoms with van der Waals surface area (Å²) in [7, 11) is 0. The van der Waals surface area contributed by atoms with E-state index in [-0.39, 0.29) is 18.5 Å². The Morgan fingerprint density at radius 3 is 2.61 bits per heavy atom. The van der Waals surface area contributed by atoms with E-state index in [1.54, 1.807) is 12.1 Å². The minimum absolute atomic E-state index is 0.0517. The van der Waals surface area contributed by atoms with Crippen LogP contribution in [0.1, 0.15) is 29.7 Å². The SMILES string of the molecule is Cc1cccc(NC(=O)CN[C@H](C)c2ccc(Cl)cc2Cl)c1C. The van der Waals surface area contributed by atoms with Crippen LogP contribution in [0.5, 0.6) is 0 Å². The highest BCUT2D eigenvalue weighted by atomic mass is 35.5. The Bertz CT molecular complexity index is 716. The lowest BCUT2D eigenvalue weighted by Crippen LogP contribution is -2.30. The van der Waals surface area contributed by atoms with Crippen molar-refractivity contribution >= 4 is 34.8 Å². The zero-order chi connectivity index (χ0) is 17.0. The minimum atomic E-state index is -0.0874. The summed E-state index contributed by atoms with van der Waals surface area (Å²) in [5.74, 6) is -0.0874. The largest absolute Gasteiger partial charge is 0.325 e. The smallest absolute Gasteiger partial charge is 0.238 e. The quantitative estimate of drug-likeness (QED) is 0.804. The van der Waals surface area contributed by atoms with Crippen LogP contribution in [0.2, 0.25) is 10.0 Å². The second-order valence-corrected chi connectivity index (χ2v) is 6.41. The summed E-state index contributed by atoms with van der Waals surface area (Å²) in [4.78, 5) is 12.1. The summed E-state index contributed by atoms with van der Waals surface area (Å²) < 4.78 is 0.